The lowest BCUT2D eigenvalue weighted by molar-refractivity contribution is -0.158. The summed E-state index contributed by atoms with van der Waals surface area (Å²) in [6.07, 6.45) is -1.34. The van der Waals surface area contributed by atoms with E-state index >= 15 is 0 Å². The van der Waals surface area contributed by atoms with E-state index in [0.717, 1.165) is 10.4 Å². The molecular weight excluding hydrogens is 538 g/mol. The first-order chi connectivity index (χ1) is 19.2. The summed E-state index contributed by atoms with van der Waals surface area (Å²) in [4.78, 5) is 39.3. The molecule has 0 saturated heterocycles. The number of amides is 1. The molecule has 0 aromatic heterocycles. The van der Waals surface area contributed by atoms with Crippen LogP contribution >= 0.6 is 0 Å². The van der Waals surface area contributed by atoms with Gasteiger partial charge in [-0.25, -0.2) is 9.59 Å². The van der Waals surface area contributed by atoms with Gasteiger partial charge in [-0.3, -0.25) is 4.79 Å². The second kappa shape index (κ2) is 13.7. The minimum atomic E-state index is -3.15. The van der Waals surface area contributed by atoms with Crippen molar-refractivity contribution < 1.29 is 34.4 Å². The van der Waals surface area contributed by atoms with Gasteiger partial charge in [0.15, 0.2) is 0 Å². The topological polar surface area (TPSA) is 100 Å². The molecule has 2 atom stereocenters. The predicted molar refractivity (Wildman–Crippen MR) is 163 cm³/mol. The molecule has 0 fully saturated rings. The molecule has 2 aromatic rings. The fourth-order valence-electron chi connectivity index (χ4n) is 4.56. The monoisotopic (exact) mass is 586 g/mol. The summed E-state index contributed by atoms with van der Waals surface area (Å²) in [6, 6.07) is 18.2. The Labute approximate surface area is 247 Å². The van der Waals surface area contributed by atoms with E-state index in [1.165, 1.54) is 7.11 Å². The summed E-state index contributed by atoms with van der Waals surface area (Å²) in [7, 11) is -1.98. The van der Waals surface area contributed by atoms with Crippen molar-refractivity contribution in [1.29, 1.82) is 0 Å². The molecule has 0 aliphatic carbocycles. The molecule has 1 amide bonds. The van der Waals surface area contributed by atoms with E-state index in [2.05, 4.69) is 26.1 Å². The third-order valence-corrected chi connectivity index (χ3v) is 11.2. The van der Waals surface area contributed by atoms with E-state index in [-0.39, 0.29) is 0 Å². The molecular formula is C32H47NO7Si. The van der Waals surface area contributed by atoms with Crippen molar-refractivity contribution in [3.63, 3.8) is 0 Å². The minimum Gasteiger partial charge on any atom is -0.469 e. The van der Waals surface area contributed by atoms with Crippen molar-refractivity contribution in [3.8, 4) is 0 Å². The van der Waals surface area contributed by atoms with Crippen molar-refractivity contribution in [3.05, 3.63) is 60.7 Å². The van der Waals surface area contributed by atoms with Crippen LogP contribution < -0.4 is 15.7 Å². The van der Waals surface area contributed by atoms with E-state index < -0.39 is 67.6 Å². The maximum absolute atomic E-state index is 13.3. The van der Waals surface area contributed by atoms with E-state index in [1.54, 1.807) is 41.5 Å². The van der Waals surface area contributed by atoms with Gasteiger partial charge in [0.1, 0.15) is 17.2 Å². The Balaban J connectivity index is 2.60. The number of rotatable bonds is 10. The first-order valence-electron chi connectivity index (χ1n) is 14.3. The average Bonchev–Trinajstić information content (AvgIpc) is 2.86. The first kappa shape index (κ1) is 32.3. The zero-order valence-electron chi connectivity index (χ0n) is 27.1. The summed E-state index contributed by atoms with van der Waals surface area (Å²) < 4.78 is 32.2. The Hall–Kier alpha value is -3.17. The Morgan fingerprint density at radius 3 is 1.63 bits per heavy atom. The lowest BCUT2D eigenvalue weighted by Crippen LogP contribution is -2.67. The van der Waals surface area contributed by atoms with Crippen molar-refractivity contribution in [2.45, 2.75) is 91.0 Å². The van der Waals surface area contributed by atoms with Crippen LogP contribution in [0.4, 0.5) is 4.79 Å². The van der Waals surface area contributed by atoms with Crippen LogP contribution in [0.5, 0.6) is 0 Å². The number of nitrogens with one attached hydrogen (secondary N) is 1. The van der Waals surface area contributed by atoms with E-state index in [1.807, 2.05) is 60.7 Å². The molecule has 2 aromatic carbocycles. The predicted octanol–water partition coefficient (Wildman–Crippen LogP) is 4.98. The summed E-state index contributed by atoms with van der Waals surface area (Å²) in [5, 5.41) is 4.02. The van der Waals surface area contributed by atoms with E-state index in [9.17, 15) is 15.8 Å². The maximum atomic E-state index is 13.3. The standard InChI is InChI=1S/C32H47NO7Si/c1-30(2,3)39-28(35)26(33-29(36)40-31(4,5)6)21-23(27(34)37-10)22-38-41(32(7,8)9,24-17-13-11-14-18-24)25-19-15-12-16-20-25/h11-20,23,26H,21-22H2,1-10H3,(H,33,36)/t23-,26+/m1/s1/i23D. The number of hydrogen-bond acceptors (Lipinski definition) is 7. The number of carbonyl (C=O) groups excluding carboxylic acids is 3. The van der Waals surface area contributed by atoms with Gasteiger partial charge in [-0.05, 0) is 63.4 Å². The Morgan fingerprint density at radius 1 is 0.780 bits per heavy atom. The molecule has 41 heavy (non-hydrogen) atoms. The van der Waals surface area contributed by atoms with E-state index in [0.29, 0.717) is 0 Å². The maximum Gasteiger partial charge on any atom is 0.408 e. The largest absolute Gasteiger partial charge is 0.469 e. The fraction of sp³-hybridized carbons (Fsp3) is 0.531. The molecule has 0 bridgehead atoms. The molecule has 0 saturated carbocycles. The normalized spacial score (nSPS) is 15.1. The van der Waals surface area contributed by atoms with Gasteiger partial charge in [-0.1, -0.05) is 81.4 Å². The minimum absolute atomic E-state index is 0.401. The van der Waals surface area contributed by atoms with Gasteiger partial charge < -0.3 is 24.0 Å². The van der Waals surface area contributed by atoms with Crippen molar-refractivity contribution in [2.75, 3.05) is 13.7 Å². The van der Waals surface area contributed by atoms with Crippen LogP contribution in [0.15, 0.2) is 60.7 Å². The van der Waals surface area contributed by atoms with E-state index in [4.69, 9.17) is 18.6 Å². The Kier molecular flexibility index (Phi) is 10.8. The van der Waals surface area contributed by atoms with Gasteiger partial charge in [0.2, 0.25) is 0 Å². The first-order valence-corrected chi connectivity index (χ1v) is 15.7. The van der Waals surface area contributed by atoms with Crippen molar-refractivity contribution in [1.82, 2.24) is 5.32 Å². The van der Waals surface area contributed by atoms with Crippen LogP contribution in [0.2, 0.25) is 5.04 Å². The van der Waals surface area contributed by atoms with Crippen LogP contribution in [-0.4, -0.2) is 57.3 Å². The Morgan fingerprint density at radius 2 is 1.24 bits per heavy atom. The number of carbonyl (C=O) groups is 3. The van der Waals surface area contributed by atoms with Gasteiger partial charge in [0.25, 0.3) is 8.32 Å². The summed E-state index contributed by atoms with van der Waals surface area (Å²) in [5.41, 5.74) is -1.72. The van der Waals surface area contributed by atoms with Crippen LogP contribution in [0.3, 0.4) is 0 Å². The summed E-state index contributed by atoms with van der Waals surface area (Å²) >= 11 is 0. The average molecular weight is 587 g/mol. The Bertz CT molecular complexity index is 1160. The van der Waals surface area contributed by atoms with Gasteiger partial charge >= 0.3 is 18.0 Å². The van der Waals surface area contributed by atoms with Crippen molar-refractivity contribution >= 4 is 36.7 Å². The summed E-state index contributed by atoms with van der Waals surface area (Å²) in [6.45, 7) is 16.0. The van der Waals surface area contributed by atoms with Gasteiger partial charge in [0, 0.05) is 7.98 Å². The molecule has 226 valence electrons. The lowest BCUT2D eigenvalue weighted by atomic mass is 10.0. The smallest absolute Gasteiger partial charge is 0.408 e. The fourth-order valence-corrected chi connectivity index (χ4v) is 9.11. The van der Waals surface area contributed by atoms with Crippen LogP contribution in [0.25, 0.3) is 0 Å². The zero-order chi connectivity index (χ0) is 32.0. The molecule has 0 aliphatic heterocycles. The highest BCUT2D eigenvalue weighted by Gasteiger charge is 2.51. The zero-order valence-corrected chi connectivity index (χ0v) is 27.1. The molecule has 0 radical (unpaired) electrons. The highest BCUT2D eigenvalue weighted by molar-refractivity contribution is 6.99. The van der Waals surface area contributed by atoms with Crippen LogP contribution in [0, 0.1) is 5.89 Å². The summed E-state index contributed by atoms with van der Waals surface area (Å²) in [5.74, 6) is -3.79. The molecule has 8 nitrogen and oxygen atoms in total. The SMILES string of the molecule is [2H][C@](CO[Si](c1ccccc1)(c1ccccc1)C(C)(C)C)(C[C@H](NC(=O)OC(C)(C)C)C(=O)OC(C)(C)C)C(=O)OC. The van der Waals surface area contributed by atoms with Crippen LogP contribution in [0.1, 0.15) is 70.1 Å². The number of alkyl carbamates (subject to hydrolysis) is 1. The number of ether oxygens (including phenoxy) is 3. The molecule has 0 unspecified atom stereocenters. The number of esters is 2. The molecule has 9 heteroatoms. The van der Waals surface area contributed by atoms with Crippen LogP contribution in [-0.2, 0) is 28.2 Å². The lowest BCUT2D eigenvalue weighted by Gasteiger charge is -2.43. The van der Waals surface area contributed by atoms with Gasteiger partial charge in [0.05, 0.1) is 13.0 Å². The second-order valence-corrected chi connectivity index (χ2v) is 17.3. The molecule has 0 aliphatic rings. The highest BCUT2D eigenvalue weighted by Crippen LogP contribution is 2.37. The van der Waals surface area contributed by atoms with Gasteiger partial charge in [-0.2, -0.15) is 0 Å². The number of methoxy groups -OCH3 is 1. The number of hydrogen-bond donors (Lipinski definition) is 1. The third kappa shape index (κ3) is 9.71. The molecule has 0 spiro atoms. The third-order valence-electron chi connectivity index (χ3n) is 6.19. The number of benzene rings is 2. The molecule has 0 heterocycles. The molecule has 1 N–H and O–H groups in total. The quantitative estimate of drug-likeness (QED) is 0.238. The second-order valence-electron chi connectivity index (χ2n) is 13.0. The van der Waals surface area contributed by atoms with Crippen molar-refractivity contribution in [2.24, 2.45) is 5.89 Å². The van der Waals surface area contributed by atoms with Gasteiger partial charge in [-0.15, -0.1) is 0 Å². The highest BCUT2D eigenvalue weighted by atomic mass is 28.4. The molecule has 2 rings (SSSR count).